The van der Waals surface area contributed by atoms with Crippen molar-refractivity contribution in [2.45, 2.75) is 45.7 Å². The summed E-state index contributed by atoms with van der Waals surface area (Å²) in [7, 11) is 0. The van der Waals surface area contributed by atoms with Crippen molar-refractivity contribution < 1.29 is 19.2 Å². The van der Waals surface area contributed by atoms with Gasteiger partial charge in [-0.25, -0.2) is 9.69 Å². The molecule has 3 aliphatic heterocycles. The molecule has 3 aliphatic rings. The first-order valence-corrected chi connectivity index (χ1v) is 12.8. The predicted octanol–water partition coefficient (Wildman–Crippen LogP) is 4.69. The van der Waals surface area contributed by atoms with E-state index >= 15 is 0 Å². The maximum atomic E-state index is 14.4. The molecule has 35 heavy (non-hydrogen) atoms. The van der Waals surface area contributed by atoms with Crippen molar-refractivity contribution in [3.8, 4) is 0 Å². The fourth-order valence-corrected chi connectivity index (χ4v) is 6.64. The lowest BCUT2D eigenvalue weighted by molar-refractivity contribution is -0.144. The average molecular weight is 538 g/mol. The van der Waals surface area contributed by atoms with Gasteiger partial charge in [0.1, 0.15) is 5.54 Å². The Balaban J connectivity index is 1.77. The molecule has 4 atom stereocenters. The average Bonchev–Trinajstić information content (AvgIpc) is 3.31. The highest BCUT2D eigenvalue weighted by Crippen LogP contribution is 2.60. The van der Waals surface area contributed by atoms with E-state index in [1.807, 2.05) is 51.1 Å². The standard InChI is InChI=1S/C27H28BrN3O4/c1-5-29-23(32)20-21(24(29)33)27(14-15(2)3)25(34)30(19-8-6-7-18(28)13-19)26(35)31(27)22(20)17-11-9-16(4)10-12-17/h6-13,15,20-22H,5,14H2,1-4H3/t20-,21-,22-,27-/m1/s1. The van der Waals surface area contributed by atoms with Crippen LogP contribution in [0.1, 0.15) is 44.4 Å². The molecule has 3 saturated heterocycles. The summed E-state index contributed by atoms with van der Waals surface area (Å²) >= 11 is 3.43. The first kappa shape index (κ1) is 23.7. The zero-order valence-corrected chi connectivity index (χ0v) is 21.8. The molecule has 0 aromatic heterocycles. The Bertz CT molecular complexity index is 1240. The molecule has 2 aromatic rings. The van der Waals surface area contributed by atoms with Gasteiger partial charge in [-0.05, 0) is 49.9 Å². The van der Waals surface area contributed by atoms with Gasteiger partial charge in [0.15, 0.2) is 0 Å². The van der Waals surface area contributed by atoms with Crippen molar-refractivity contribution in [3.05, 3.63) is 64.1 Å². The van der Waals surface area contributed by atoms with Crippen LogP contribution in [0.5, 0.6) is 0 Å². The summed E-state index contributed by atoms with van der Waals surface area (Å²) in [5.74, 6) is -2.80. The Kier molecular flexibility index (Phi) is 5.62. The number of anilines is 1. The first-order valence-electron chi connectivity index (χ1n) is 12.0. The predicted molar refractivity (Wildman–Crippen MR) is 134 cm³/mol. The SMILES string of the molecule is CCN1C(=O)[C@H]2[C@@H](c3ccc(C)cc3)N3C(=O)N(c4cccc(Br)c4)C(=O)[C@@]3(CC(C)C)[C@H]2C1=O. The second-order valence-electron chi connectivity index (χ2n) is 10.1. The molecule has 3 heterocycles. The topological polar surface area (TPSA) is 78.0 Å². The number of fused-ring (bicyclic) bond motifs is 3. The number of amides is 5. The maximum absolute atomic E-state index is 14.4. The van der Waals surface area contributed by atoms with Crippen molar-refractivity contribution in [1.82, 2.24) is 9.80 Å². The number of urea groups is 1. The molecule has 5 amide bonds. The molecule has 0 bridgehead atoms. The third-order valence-electron chi connectivity index (χ3n) is 7.50. The molecule has 0 spiro atoms. The number of imide groups is 2. The summed E-state index contributed by atoms with van der Waals surface area (Å²) in [4.78, 5) is 59.8. The van der Waals surface area contributed by atoms with Crippen molar-refractivity contribution >= 4 is 45.4 Å². The molecule has 0 N–H and O–H groups in total. The number of aryl methyl sites for hydroxylation is 1. The van der Waals surface area contributed by atoms with Gasteiger partial charge in [-0.3, -0.25) is 19.3 Å². The smallest absolute Gasteiger partial charge is 0.300 e. The molecule has 2 aromatic carbocycles. The molecule has 0 unspecified atom stereocenters. The van der Waals surface area contributed by atoms with Crippen molar-refractivity contribution in [3.63, 3.8) is 0 Å². The van der Waals surface area contributed by atoms with Gasteiger partial charge in [-0.2, -0.15) is 0 Å². The van der Waals surface area contributed by atoms with Gasteiger partial charge in [-0.1, -0.05) is 65.7 Å². The molecule has 0 aliphatic carbocycles. The third-order valence-corrected chi connectivity index (χ3v) is 7.99. The van der Waals surface area contributed by atoms with Gasteiger partial charge in [0.05, 0.1) is 23.6 Å². The second kappa shape index (κ2) is 8.29. The number of benzene rings is 2. The number of carbonyl (C=O) groups is 4. The monoisotopic (exact) mass is 537 g/mol. The van der Waals surface area contributed by atoms with E-state index in [-0.39, 0.29) is 24.3 Å². The van der Waals surface area contributed by atoms with E-state index in [2.05, 4.69) is 15.9 Å². The Morgan fingerprint density at radius 3 is 2.29 bits per heavy atom. The fourth-order valence-electron chi connectivity index (χ4n) is 6.25. The van der Waals surface area contributed by atoms with Crippen LogP contribution in [0.15, 0.2) is 53.0 Å². The van der Waals surface area contributed by atoms with Crippen LogP contribution in [0.25, 0.3) is 0 Å². The van der Waals surface area contributed by atoms with Gasteiger partial charge in [-0.15, -0.1) is 0 Å². The fraction of sp³-hybridized carbons (Fsp3) is 0.407. The lowest BCUT2D eigenvalue weighted by Crippen LogP contribution is -2.54. The van der Waals surface area contributed by atoms with Crippen molar-refractivity contribution in [1.29, 1.82) is 0 Å². The van der Waals surface area contributed by atoms with E-state index in [9.17, 15) is 19.2 Å². The number of hydrogen-bond donors (Lipinski definition) is 0. The number of hydrogen-bond acceptors (Lipinski definition) is 4. The normalized spacial score (nSPS) is 27.9. The number of halogens is 1. The molecule has 182 valence electrons. The molecular formula is C27H28BrN3O4. The van der Waals surface area contributed by atoms with Crippen LogP contribution in [0.4, 0.5) is 10.5 Å². The highest BCUT2D eigenvalue weighted by molar-refractivity contribution is 9.10. The molecule has 7 nitrogen and oxygen atoms in total. The third kappa shape index (κ3) is 3.22. The van der Waals surface area contributed by atoms with Gasteiger partial charge < -0.3 is 4.90 Å². The molecule has 0 radical (unpaired) electrons. The van der Waals surface area contributed by atoms with Gasteiger partial charge >= 0.3 is 6.03 Å². The maximum Gasteiger partial charge on any atom is 0.332 e. The Labute approximate surface area is 213 Å². The van der Waals surface area contributed by atoms with E-state index in [1.165, 1.54) is 9.80 Å². The summed E-state index contributed by atoms with van der Waals surface area (Å²) in [6.45, 7) is 7.91. The van der Waals surface area contributed by atoms with Crippen molar-refractivity contribution in [2.75, 3.05) is 11.4 Å². The molecule has 5 rings (SSSR count). The van der Waals surface area contributed by atoms with E-state index in [4.69, 9.17) is 0 Å². The summed E-state index contributed by atoms with van der Waals surface area (Å²) in [5.41, 5.74) is 0.813. The Hall–Kier alpha value is -3.00. The summed E-state index contributed by atoms with van der Waals surface area (Å²) < 4.78 is 0.734. The minimum absolute atomic E-state index is 0.00714. The van der Waals surface area contributed by atoms with Crippen LogP contribution < -0.4 is 4.90 Å². The summed E-state index contributed by atoms with van der Waals surface area (Å²) in [6.07, 6.45) is 0.294. The van der Waals surface area contributed by atoms with E-state index in [0.29, 0.717) is 12.1 Å². The van der Waals surface area contributed by atoms with Gasteiger partial charge in [0, 0.05) is 11.0 Å². The summed E-state index contributed by atoms with van der Waals surface area (Å²) in [6, 6.07) is 13.5. The van der Waals surface area contributed by atoms with Crippen LogP contribution in [0, 0.1) is 24.7 Å². The number of rotatable bonds is 5. The van der Waals surface area contributed by atoms with Crippen LogP contribution in [-0.4, -0.2) is 45.6 Å². The van der Waals surface area contributed by atoms with Crippen molar-refractivity contribution in [2.24, 2.45) is 17.8 Å². The quantitative estimate of drug-likeness (QED) is 0.409. The molecule has 8 heteroatoms. The minimum atomic E-state index is -1.43. The zero-order chi connectivity index (χ0) is 25.2. The van der Waals surface area contributed by atoms with E-state index in [1.54, 1.807) is 30.0 Å². The highest BCUT2D eigenvalue weighted by Gasteiger charge is 2.77. The van der Waals surface area contributed by atoms with Crippen LogP contribution in [-0.2, 0) is 14.4 Å². The molecule has 0 saturated carbocycles. The lowest BCUT2D eigenvalue weighted by Gasteiger charge is -2.36. The van der Waals surface area contributed by atoms with Gasteiger partial charge in [0.2, 0.25) is 11.8 Å². The molecular weight excluding hydrogens is 510 g/mol. The second-order valence-corrected chi connectivity index (χ2v) is 11.0. The molecule has 3 fully saturated rings. The highest BCUT2D eigenvalue weighted by atomic mass is 79.9. The Morgan fingerprint density at radius 1 is 1.00 bits per heavy atom. The van der Waals surface area contributed by atoms with Gasteiger partial charge in [0.25, 0.3) is 5.91 Å². The van der Waals surface area contributed by atoms with Crippen LogP contribution in [0.2, 0.25) is 0 Å². The Morgan fingerprint density at radius 2 is 1.69 bits per heavy atom. The number of likely N-dealkylation sites (tertiary alicyclic amines) is 1. The number of carbonyl (C=O) groups excluding carboxylic acids is 4. The van der Waals surface area contributed by atoms with E-state index in [0.717, 1.165) is 15.6 Å². The van der Waals surface area contributed by atoms with Crippen LogP contribution in [0.3, 0.4) is 0 Å². The van der Waals surface area contributed by atoms with Crippen LogP contribution >= 0.6 is 15.9 Å². The summed E-state index contributed by atoms with van der Waals surface area (Å²) in [5, 5.41) is 0. The minimum Gasteiger partial charge on any atom is -0.300 e. The number of nitrogens with zero attached hydrogens (tertiary/aromatic N) is 3. The largest absolute Gasteiger partial charge is 0.332 e. The zero-order valence-electron chi connectivity index (χ0n) is 20.2. The first-order chi connectivity index (χ1) is 16.6. The van der Waals surface area contributed by atoms with E-state index < -0.39 is 35.4 Å². The lowest BCUT2D eigenvalue weighted by atomic mass is 9.74.